The summed E-state index contributed by atoms with van der Waals surface area (Å²) in [5, 5.41) is 8.65. The van der Waals surface area contributed by atoms with Crippen molar-refractivity contribution in [3.63, 3.8) is 0 Å². The van der Waals surface area contributed by atoms with Crippen LogP contribution in [0, 0.1) is 5.92 Å². The van der Waals surface area contributed by atoms with E-state index < -0.39 is 6.03 Å². The van der Waals surface area contributed by atoms with Gasteiger partial charge >= 0.3 is 6.03 Å². The van der Waals surface area contributed by atoms with Gasteiger partial charge in [-0.2, -0.15) is 0 Å². The average Bonchev–Trinajstić information content (AvgIpc) is 2.93. The van der Waals surface area contributed by atoms with Crippen LogP contribution in [0.15, 0.2) is 66.7 Å². The maximum absolute atomic E-state index is 13.2. The molecule has 1 aliphatic rings. The van der Waals surface area contributed by atoms with Crippen LogP contribution in [-0.2, 0) is 6.42 Å². The molecular formula is C31H38N4O4. The number of hydrogen-bond acceptors (Lipinski definition) is 5. The van der Waals surface area contributed by atoms with Crippen LogP contribution in [0.3, 0.4) is 0 Å². The lowest BCUT2D eigenvalue weighted by atomic mass is 9.89. The van der Waals surface area contributed by atoms with E-state index in [1.807, 2.05) is 32.0 Å². The van der Waals surface area contributed by atoms with Gasteiger partial charge in [-0.1, -0.05) is 30.3 Å². The molecule has 206 valence electrons. The SMILES string of the molecule is COc1cc(NC(=O)Nc2ccc(N3CCC(Cc4ccccc4)CC3)c(C(=O)NC(C)C)c2)cc(OC)c1. The minimum Gasteiger partial charge on any atom is -0.497 e. The van der Waals surface area contributed by atoms with Crippen molar-refractivity contribution in [1.29, 1.82) is 0 Å². The smallest absolute Gasteiger partial charge is 0.323 e. The van der Waals surface area contributed by atoms with Gasteiger partial charge in [-0.05, 0) is 62.8 Å². The highest BCUT2D eigenvalue weighted by atomic mass is 16.5. The lowest BCUT2D eigenvalue weighted by Gasteiger charge is -2.35. The summed E-state index contributed by atoms with van der Waals surface area (Å²) >= 11 is 0. The van der Waals surface area contributed by atoms with Gasteiger partial charge in [-0.25, -0.2) is 4.79 Å². The number of benzene rings is 3. The number of ether oxygens (including phenoxy) is 2. The Hall–Kier alpha value is -4.20. The molecule has 1 fully saturated rings. The Morgan fingerprint density at radius 1 is 0.872 bits per heavy atom. The molecule has 0 aliphatic carbocycles. The highest BCUT2D eigenvalue weighted by Crippen LogP contribution is 2.31. The van der Waals surface area contributed by atoms with Crippen molar-refractivity contribution >= 4 is 29.0 Å². The van der Waals surface area contributed by atoms with Gasteiger partial charge in [0, 0.05) is 54.4 Å². The Kier molecular flexibility index (Phi) is 9.31. The van der Waals surface area contributed by atoms with E-state index in [4.69, 9.17) is 9.47 Å². The average molecular weight is 531 g/mol. The largest absolute Gasteiger partial charge is 0.497 e. The van der Waals surface area contributed by atoms with E-state index in [2.05, 4.69) is 45.1 Å². The normalized spacial score (nSPS) is 13.6. The summed E-state index contributed by atoms with van der Waals surface area (Å²) in [6.07, 6.45) is 3.20. The number of carbonyl (C=O) groups excluding carboxylic acids is 2. The Bertz CT molecular complexity index is 1250. The van der Waals surface area contributed by atoms with Crippen molar-refractivity contribution in [3.8, 4) is 11.5 Å². The van der Waals surface area contributed by atoms with Crippen molar-refractivity contribution in [2.24, 2.45) is 5.92 Å². The first kappa shape index (κ1) is 27.8. The van der Waals surface area contributed by atoms with Crippen LogP contribution in [0.2, 0.25) is 0 Å². The molecule has 1 aliphatic heterocycles. The molecule has 0 atom stereocenters. The minimum atomic E-state index is -0.435. The number of nitrogens with one attached hydrogen (secondary N) is 3. The number of carbonyl (C=O) groups is 2. The molecule has 8 nitrogen and oxygen atoms in total. The predicted molar refractivity (Wildman–Crippen MR) is 156 cm³/mol. The van der Waals surface area contributed by atoms with E-state index in [1.165, 1.54) is 5.56 Å². The number of methoxy groups -OCH3 is 2. The van der Waals surface area contributed by atoms with Gasteiger partial charge in [0.1, 0.15) is 11.5 Å². The zero-order valence-electron chi connectivity index (χ0n) is 23.1. The number of hydrogen-bond donors (Lipinski definition) is 3. The third-order valence-corrected chi connectivity index (χ3v) is 6.85. The second-order valence-corrected chi connectivity index (χ2v) is 10.2. The summed E-state index contributed by atoms with van der Waals surface area (Å²) in [4.78, 5) is 28.3. The van der Waals surface area contributed by atoms with Crippen LogP contribution in [0.25, 0.3) is 0 Å². The van der Waals surface area contributed by atoms with Gasteiger partial charge in [-0.3, -0.25) is 4.79 Å². The Balaban J connectivity index is 1.47. The summed E-state index contributed by atoms with van der Waals surface area (Å²) in [5.41, 5.74) is 3.85. The number of anilines is 3. The lowest BCUT2D eigenvalue weighted by molar-refractivity contribution is 0.0943. The minimum absolute atomic E-state index is 0.00934. The zero-order chi connectivity index (χ0) is 27.8. The van der Waals surface area contributed by atoms with Gasteiger partial charge < -0.3 is 30.3 Å². The van der Waals surface area contributed by atoms with Crippen molar-refractivity contribution in [1.82, 2.24) is 5.32 Å². The van der Waals surface area contributed by atoms with Gasteiger partial charge in [0.25, 0.3) is 5.91 Å². The van der Waals surface area contributed by atoms with Crippen molar-refractivity contribution in [2.75, 3.05) is 42.8 Å². The summed E-state index contributed by atoms with van der Waals surface area (Å²) < 4.78 is 10.6. The topological polar surface area (TPSA) is 91.9 Å². The molecule has 3 amide bonds. The number of urea groups is 1. The molecular weight excluding hydrogens is 492 g/mol. The fourth-order valence-electron chi connectivity index (χ4n) is 4.91. The fourth-order valence-corrected chi connectivity index (χ4v) is 4.91. The number of piperidine rings is 1. The number of amides is 3. The standard InChI is InChI=1S/C31H38N4O4/c1-21(2)32-30(36)28-19-24(33-31(37)34-25-17-26(38-3)20-27(18-25)39-4)10-11-29(28)35-14-12-23(13-15-35)16-22-8-6-5-7-9-22/h5-11,17-21,23H,12-16H2,1-4H3,(H,32,36)(H2,33,34,37). The molecule has 1 heterocycles. The first-order valence-electron chi connectivity index (χ1n) is 13.4. The fraction of sp³-hybridized carbons (Fsp3) is 0.355. The van der Waals surface area contributed by atoms with Gasteiger partial charge in [0.2, 0.25) is 0 Å². The Morgan fingerprint density at radius 3 is 2.13 bits per heavy atom. The van der Waals surface area contributed by atoms with Crippen molar-refractivity contribution in [3.05, 3.63) is 77.9 Å². The molecule has 4 rings (SSSR count). The molecule has 0 aromatic heterocycles. The summed E-state index contributed by atoms with van der Waals surface area (Å²) in [5.74, 6) is 1.59. The molecule has 0 radical (unpaired) electrons. The van der Waals surface area contributed by atoms with Gasteiger partial charge in [0.15, 0.2) is 0 Å². The highest BCUT2D eigenvalue weighted by Gasteiger charge is 2.24. The van der Waals surface area contributed by atoms with Crippen molar-refractivity contribution in [2.45, 2.75) is 39.2 Å². The second-order valence-electron chi connectivity index (χ2n) is 10.2. The molecule has 0 unspecified atom stereocenters. The first-order chi connectivity index (χ1) is 18.8. The molecule has 8 heteroatoms. The molecule has 39 heavy (non-hydrogen) atoms. The summed E-state index contributed by atoms with van der Waals surface area (Å²) in [6.45, 7) is 5.63. The quantitative estimate of drug-likeness (QED) is 0.318. The summed E-state index contributed by atoms with van der Waals surface area (Å²) in [6, 6.07) is 20.8. The molecule has 1 saturated heterocycles. The van der Waals surface area contributed by atoms with Crippen LogP contribution in [0.1, 0.15) is 42.6 Å². The maximum Gasteiger partial charge on any atom is 0.323 e. The van der Waals surface area contributed by atoms with Crippen LogP contribution < -0.4 is 30.3 Å². The molecule has 0 bridgehead atoms. The van der Waals surface area contributed by atoms with Crippen molar-refractivity contribution < 1.29 is 19.1 Å². The predicted octanol–water partition coefficient (Wildman–Crippen LogP) is 5.95. The van der Waals surface area contributed by atoms with E-state index >= 15 is 0 Å². The van der Waals surface area contributed by atoms with Gasteiger partial charge in [-0.15, -0.1) is 0 Å². The van der Waals surface area contributed by atoms with Crippen LogP contribution in [-0.4, -0.2) is 45.3 Å². The summed E-state index contributed by atoms with van der Waals surface area (Å²) in [7, 11) is 3.10. The maximum atomic E-state index is 13.2. The molecule has 3 aromatic rings. The van der Waals surface area contributed by atoms with Crippen LogP contribution in [0.4, 0.5) is 21.9 Å². The van der Waals surface area contributed by atoms with E-state index in [1.54, 1.807) is 38.5 Å². The number of rotatable bonds is 9. The molecule has 0 saturated carbocycles. The first-order valence-corrected chi connectivity index (χ1v) is 13.4. The Labute approximate surface area is 230 Å². The van der Waals surface area contributed by atoms with Crippen LogP contribution >= 0.6 is 0 Å². The van der Waals surface area contributed by atoms with E-state index in [9.17, 15) is 9.59 Å². The monoisotopic (exact) mass is 530 g/mol. The molecule has 3 aromatic carbocycles. The molecule has 0 spiro atoms. The lowest BCUT2D eigenvalue weighted by Crippen LogP contribution is -2.37. The zero-order valence-corrected chi connectivity index (χ0v) is 23.1. The second kappa shape index (κ2) is 13.0. The highest BCUT2D eigenvalue weighted by molar-refractivity contribution is 6.04. The van der Waals surface area contributed by atoms with E-state index in [0.717, 1.165) is 38.0 Å². The number of nitrogens with zero attached hydrogens (tertiary/aromatic N) is 1. The van der Waals surface area contributed by atoms with E-state index in [-0.39, 0.29) is 11.9 Å². The third-order valence-electron chi connectivity index (χ3n) is 6.85. The van der Waals surface area contributed by atoms with E-state index in [0.29, 0.717) is 34.4 Å². The van der Waals surface area contributed by atoms with Crippen LogP contribution in [0.5, 0.6) is 11.5 Å². The van der Waals surface area contributed by atoms with Gasteiger partial charge in [0.05, 0.1) is 19.8 Å². The molecule has 3 N–H and O–H groups in total. The third kappa shape index (κ3) is 7.66. The Morgan fingerprint density at radius 2 is 1.51 bits per heavy atom.